The molecule has 17 heteroatoms. The Hall–Kier alpha value is -8.00. The van der Waals surface area contributed by atoms with Gasteiger partial charge >= 0.3 is 58.5 Å². The van der Waals surface area contributed by atoms with Gasteiger partial charge in [0.25, 0.3) is 0 Å². The Balaban J connectivity index is 0.000000232. The largest absolute Gasteiger partial charge is 1.00 e. The van der Waals surface area contributed by atoms with Gasteiger partial charge in [-0.3, -0.25) is 11.8 Å². The molecule has 14 aromatic rings. The van der Waals surface area contributed by atoms with E-state index < -0.39 is 55.7 Å². The third-order valence-electron chi connectivity index (χ3n) is 16.5. The minimum atomic E-state index is -6.00. The van der Waals surface area contributed by atoms with E-state index >= 15 is 0 Å². The fourth-order valence-electron chi connectivity index (χ4n) is 11.8. The molecule has 0 atom stereocenters. The Labute approximate surface area is 715 Å². The summed E-state index contributed by atoms with van der Waals surface area (Å²) in [5.74, 6) is 4.55. The minimum absolute atomic E-state index is 0. The summed E-state index contributed by atoms with van der Waals surface area (Å²) in [4.78, 5) is 0. The van der Waals surface area contributed by atoms with Crippen LogP contribution in [0.1, 0.15) is 51.2 Å². The van der Waals surface area contributed by atoms with Crippen LogP contribution < -0.4 is 63.7 Å². The summed E-state index contributed by atoms with van der Waals surface area (Å²) >= 11 is 0. The predicted molar refractivity (Wildman–Crippen MR) is 481 cm³/mol. The van der Waals surface area contributed by atoms with Gasteiger partial charge in [0.15, 0.2) is 0 Å². The number of hydrogen-bond donors (Lipinski definition) is 0. The second-order valence-electron chi connectivity index (χ2n) is 24.7. The van der Waals surface area contributed by atoms with E-state index in [1.807, 2.05) is 60.7 Å². The van der Waals surface area contributed by atoms with Crippen molar-refractivity contribution in [2.45, 2.75) is 40.0 Å². The third-order valence-corrected chi connectivity index (χ3v) is 33.1. The molecule has 0 aliphatic rings. The van der Waals surface area contributed by atoms with E-state index in [0.717, 1.165) is 50.0 Å². The van der Waals surface area contributed by atoms with Gasteiger partial charge in [-0.15, -0.1) is 35.4 Å². The molecular weight excluding hydrogens is 1670 g/mol. The summed E-state index contributed by atoms with van der Waals surface area (Å²) in [6.45, 7) is 10.1. The van der Waals surface area contributed by atoms with Crippen molar-refractivity contribution in [2.24, 2.45) is 0 Å². The van der Waals surface area contributed by atoms with Crippen LogP contribution in [0.5, 0.6) is 0 Å². The summed E-state index contributed by atoms with van der Waals surface area (Å²) in [7, 11) is -9.87. The van der Waals surface area contributed by atoms with Crippen LogP contribution in [0, 0.1) is 24.7 Å². The van der Waals surface area contributed by atoms with Crippen LogP contribution in [0.3, 0.4) is 0 Å². The smallest absolute Gasteiger partial charge is 0.418 e. The van der Waals surface area contributed by atoms with Crippen molar-refractivity contribution in [2.75, 3.05) is 19.6 Å². The van der Waals surface area contributed by atoms with Gasteiger partial charge in [0, 0.05) is 68.1 Å². The normalized spacial score (nSPS) is 10.6. The first-order chi connectivity index (χ1) is 54.5. The molecule has 0 heterocycles. The molecule has 588 valence electrons. The summed E-state index contributed by atoms with van der Waals surface area (Å²) in [6.07, 6.45) is 16.8. The Morgan fingerprint density at radius 2 is 0.307 bits per heavy atom. The summed E-state index contributed by atoms with van der Waals surface area (Å²) < 4.78 is 47.4. The molecule has 0 unspecified atom stereocenters. The van der Waals surface area contributed by atoms with E-state index in [9.17, 15) is 17.3 Å². The maximum absolute atomic E-state index is 9.75. The molecule has 0 saturated heterocycles. The van der Waals surface area contributed by atoms with Gasteiger partial charge in [-0.1, -0.05) is 421 Å². The van der Waals surface area contributed by atoms with Crippen molar-refractivity contribution >= 4 is 119 Å². The molecule has 0 aliphatic carbocycles. The molecule has 14 rings (SSSR count). The van der Waals surface area contributed by atoms with Gasteiger partial charge in [0.05, 0.1) is 0 Å². The molecule has 0 saturated carbocycles. The van der Waals surface area contributed by atoms with E-state index in [4.69, 9.17) is 12.8 Å². The van der Waals surface area contributed by atoms with Gasteiger partial charge in [-0.05, 0) is 82.9 Å². The zero-order valence-electron chi connectivity index (χ0n) is 63.7. The molecule has 14 aromatic carbocycles. The predicted octanol–water partition coefficient (Wildman–Crippen LogP) is 21.9. The van der Waals surface area contributed by atoms with Crippen molar-refractivity contribution < 1.29 is 68.5 Å². The summed E-state index contributed by atoms with van der Waals surface area (Å²) in [5, 5.41) is 16.9. The maximum atomic E-state index is 9.75. The molecule has 0 bridgehead atoms. The molecule has 3 nitrogen and oxygen atoms in total. The number of rotatable bonds is 24. The summed E-state index contributed by atoms with van der Waals surface area (Å²) in [5.41, 5.74) is 1.65. The van der Waals surface area contributed by atoms with Gasteiger partial charge in [0.1, 0.15) is 0 Å². The van der Waals surface area contributed by atoms with E-state index in [1.54, 1.807) is 0 Å². The Morgan fingerprint density at radius 3 is 0.386 bits per heavy atom. The Kier molecular flexibility index (Phi) is 44.9. The fourth-order valence-corrected chi connectivity index (χ4v) is 30.5. The van der Waals surface area contributed by atoms with E-state index in [1.165, 1.54) is 63.7 Å². The molecule has 0 amide bonds. The van der Waals surface area contributed by atoms with Crippen LogP contribution in [-0.4, -0.2) is 40.2 Å². The third kappa shape index (κ3) is 30.9. The quantitative estimate of drug-likeness (QED) is 0.0196. The maximum Gasteiger partial charge on any atom is 1.00 e. The molecular formula is C97H91BCu3F4N3P6. The molecule has 0 aromatic heterocycles. The fraction of sp³-hybridized carbons (Fsp3) is 0.0928. The van der Waals surface area contributed by atoms with Crippen molar-refractivity contribution in [3.05, 3.63) is 449 Å². The van der Waals surface area contributed by atoms with Gasteiger partial charge < -0.3 is 30.1 Å². The van der Waals surface area contributed by atoms with Crippen molar-refractivity contribution in [3.63, 3.8) is 0 Å². The van der Waals surface area contributed by atoms with Gasteiger partial charge in [0.2, 0.25) is 0 Å². The van der Waals surface area contributed by atoms with Gasteiger partial charge in [-0.2, -0.15) is 0 Å². The number of hydrogen-bond acceptors (Lipinski definition) is 3. The number of halogens is 4. The SMILES string of the molecule is CCCN(P(c1ccccc1)c1ccccc1)P(c1ccccc1)c1ccccc1.CCCN(P(c1ccccc1)c1ccccc1)P(c1ccccc1)c1ccccc1.CCCN(P(c1ccccc1)c1ccccc1)P(c1ccccc1)c1ccccc1.F[B-](F)(F)F.[C-]#Cc1ccccc1.[C-]#Cc1ccccc1.[Cu+].[Cu+].[Cu+]. The van der Waals surface area contributed by atoms with Crippen LogP contribution in [0.15, 0.2) is 425 Å². The second-order valence-corrected chi connectivity index (χ2v) is 38.4. The molecule has 0 radical (unpaired) electrons. The Bertz CT molecular complexity index is 3930. The Morgan fingerprint density at radius 1 is 0.211 bits per heavy atom. The van der Waals surface area contributed by atoms with Crippen LogP contribution >= 0.6 is 48.4 Å². The number of nitrogens with zero attached hydrogens (tertiary/aromatic N) is 3. The summed E-state index contributed by atoms with van der Waals surface area (Å²) in [6, 6.07) is 151. The topological polar surface area (TPSA) is 9.72 Å². The van der Waals surface area contributed by atoms with E-state index in [-0.39, 0.29) is 51.2 Å². The number of benzene rings is 14. The second kappa shape index (κ2) is 54.0. The van der Waals surface area contributed by atoms with Crippen LogP contribution in [-0.2, 0) is 51.2 Å². The van der Waals surface area contributed by atoms with Gasteiger partial charge in [-0.25, -0.2) is 13.3 Å². The molecule has 0 aliphatic heterocycles. The molecule has 0 fully saturated rings. The van der Waals surface area contributed by atoms with E-state index in [2.05, 4.69) is 410 Å². The molecule has 114 heavy (non-hydrogen) atoms. The average molecular weight is 1760 g/mol. The zero-order chi connectivity index (χ0) is 77.9. The van der Waals surface area contributed by atoms with E-state index in [0.29, 0.717) is 0 Å². The first kappa shape index (κ1) is 94.9. The first-order valence-corrected chi connectivity index (χ1v) is 44.8. The monoisotopic (exact) mass is 1760 g/mol. The average Bonchev–Trinajstić information content (AvgIpc) is 0.796. The van der Waals surface area contributed by atoms with Crippen molar-refractivity contribution in [1.82, 2.24) is 13.3 Å². The molecule has 0 N–H and O–H groups in total. The van der Waals surface area contributed by atoms with Crippen LogP contribution in [0.2, 0.25) is 0 Å². The molecule has 0 spiro atoms. The van der Waals surface area contributed by atoms with Crippen molar-refractivity contribution in [3.8, 4) is 11.8 Å². The van der Waals surface area contributed by atoms with Crippen LogP contribution in [0.25, 0.3) is 0 Å². The van der Waals surface area contributed by atoms with Crippen molar-refractivity contribution in [1.29, 1.82) is 0 Å². The first-order valence-electron chi connectivity index (χ1n) is 37.1. The standard InChI is InChI=1S/3C27H27NP2.2C8H5.BF4.3Cu/c3*1-2-23-28(29(24-15-7-3-8-16-24)25-17-9-4-10-18-25)30(26-19-11-5-12-20-26)27-21-13-6-14-22-27;2*1-2-8-6-4-3-5-7-8;2-1(3,4)5;;;/h3*3-22H,2,23H2,1H3;2*3-7H;;;;/q;;;3*-1;3*+1. The zero-order valence-corrected chi connectivity index (χ0v) is 71.9. The van der Waals surface area contributed by atoms with Crippen LogP contribution in [0.4, 0.5) is 17.3 Å². The minimum Gasteiger partial charge on any atom is -0.418 e.